The van der Waals surface area contributed by atoms with Crippen LogP contribution in [-0.4, -0.2) is 17.6 Å². The number of carbonyl (C=O) groups excluding carboxylic acids is 1. The van der Waals surface area contributed by atoms with Gasteiger partial charge in [-0.25, -0.2) is 9.79 Å². The van der Waals surface area contributed by atoms with Gasteiger partial charge in [-0.2, -0.15) is 0 Å². The quantitative estimate of drug-likeness (QED) is 0.607. The minimum atomic E-state index is -0.596. The second-order valence-corrected chi connectivity index (χ2v) is 7.98. The molecule has 0 spiro atoms. The molecule has 7 heteroatoms. The molecule has 0 amide bonds. The average Bonchev–Trinajstić information content (AvgIpc) is 3.02. The summed E-state index contributed by atoms with van der Waals surface area (Å²) in [6, 6.07) is 16.1. The lowest BCUT2D eigenvalue weighted by Crippen LogP contribution is -2.39. The van der Waals surface area contributed by atoms with Crippen molar-refractivity contribution in [1.29, 1.82) is 0 Å². The summed E-state index contributed by atoms with van der Waals surface area (Å²) in [6.07, 6.45) is 1.79. The predicted octanol–water partition coefficient (Wildman–Crippen LogP) is 3.06. The van der Waals surface area contributed by atoms with Crippen molar-refractivity contribution in [2.45, 2.75) is 13.0 Å². The molecule has 4 rings (SSSR count). The molecule has 0 radical (unpaired) electrons. The molecular weight excluding hydrogens is 408 g/mol. The Kier molecular flexibility index (Phi) is 5.22. The molecule has 29 heavy (non-hydrogen) atoms. The normalized spacial score (nSPS) is 16.4. The summed E-state index contributed by atoms with van der Waals surface area (Å²) in [5.74, 6) is -0.496. The van der Waals surface area contributed by atoms with E-state index in [2.05, 4.69) is 4.99 Å². The van der Waals surface area contributed by atoms with Crippen molar-refractivity contribution in [2.75, 3.05) is 7.11 Å². The van der Waals surface area contributed by atoms with Crippen LogP contribution in [0.2, 0.25) is 5.02 Å². The van der Waals surface area contributed by atoms with Crippen LogP contribution >= 0.6 is 22.9 Å². The van der Waals surface area contributed by atoms with E-state index in [1.165, 1.54) is 18.4 Å². The Morgan fingerprint density at radius 2 is 1.97 bits per heavy atom. The summed E-state index contributed by atoms with van der Waals surface area (Å²) >= 11 is 7.35. The zero-order valence-electron chi connectivity index (χ0n) is 15.8. The lowest BCUT2D eigenvalue weighted by molar-refractivity contribution is -0.136. The maximum absolute atomic E-state index is 13.3. The van der Waals surface area contributed by atoms with Gasteiger partial charge in [-0.15, -0.1) is 0 Å². The highest BCUT2D eigenvalue weighted by Gasteiger charge is 2.32. The number of fused-ring (bicyclic) bond motifs is 1. The van der Waals surface area contributed by atoms with Gasteiger partial charge < -0.3 is 4.74 Å². The van der Waals surface area contributed by atoms with Crippen LogP contribution in [0.15, 0.2) is 75.7 Å². The van der Waals surface area contributed by atoms with Crippen molar-refractivity contribution >= 4 is 35.0 Å². The molecule has 5 nitrogen and oxygen atoms in total. The Labute approximate surface area is 175 Å². The molecular formula is C22H17ClN2O3S. The maximum Gasteiger partial charge on any atom is 0.338 e. The molecule has 1 aliphatic rings. The van der Waals surface area contributed by atoms with Crippen molar-refractivity contribution in [2.24, 2.45) is 4.99 Å². The Bertz CT molecular complexity index is 1310. The second-order valence-electron chi connectivity index (χ2n) is 6.54. The first kappa shape index (κ1) is 19.4. The third-order valence-corrected chi connectivity index (χ3v) is 5.91. The average molecular weight is 425 g/mol. The Balaban J connectivity index is 1.98. The summed E-state index contributed by atoms with van der Waals surface area (Å²) in [4.78, 5) is 30.9. The number of hydrogen-bond acceptors (Lipinski definition) is 5. The SMILES string of the molecule is COC(=O)C1=C(C)N=c2s/c(=C\c3cccc(Cl)c3)c(=O)n2[C@@H]1c1ccccc1. The molecule has 0 N–H and O–H groups in total. The third kappa shape index (κ3) is 3.57. The molecule has 0 saturated carbocycles. The Morgan fingerprint density at radius 3 is 2.66 bits per heavy atom. The van der Waals surface area contributed by atoms with E-state index in [1.807, 2.05) is 42.5 Å². The fourth-order valence-corrected chi connectivity index (χ4v) is 4.64. The first-order chi connectivity index (χ1) is 14.0. The van der Waals surface area contributed by atoms with Gasteiger partial charge >= 0.3 is 5.97 Å². The molecule has 0 saturated heterocycles. The van der Waals surface area contributed by atoms with Crippen molar-refractivity contribution < 1.29 is 9.53 Å². The van der Waals surface area contributed by atoms with Gasteiger partial charge in [0.15, 0.2) is 4.80 Å². The van der Waals surface area contributed by atoms with Crippen molar-refractivity contribution in [3.8, 4) is 0 Å². The molecule has 0 unspecified atom stereocenters. The lowest BCUT2D eigenvalue weighted by Gasteiger charge is -2.24. The molecule has 2 heterocycles. The van der Waals surface area contributed by atoms with Gasteiger partial charge in [0.25, 0.3) is 5.56 Å². The molecule has 1 atom stereocenters. The molecule has 0 fully saturated rings. The predicted molar refractivity (Wildman–Crippen MR) is 114 cm³/mol. The number of nitrogens with zero attached hydrogens (tertiary/aromatic N) is 2. The van der Waals surface area contributed by atoms with E-state index in [0.717, 1.165) is 11.1 Å². The largest absolute Gasteiger partial charge is 0.466 e. The van der Waals surface area contributed by atoms with Gasteiger partial charge in [0.2, 0.25) is 0 Å². The first-order valence-corrected chi connectivity index (χ1v) is 10.1. The van der Waals surface area contributed by atoms with Crippen LogP contribution in [0.1, 0.15) is 24.1 Å². The summed E-state index contributed by atoms with van der Waals surface area (Å²) in [5.41, 5.74) is 2.33. The number of thiazole rings is 1. The van der Waals surface area contributed by atoms with E-state index in [-0.39, 0.29) is 5.56 Å². The van der Waals surface area contributed by atoms with E-state index in [9.17, 15) is 9.59 Å². The number of methoxy groups -OCH3 is 1. The first-order valence-electron chi connectivity index (χ1n) is 8.91. The topological polar surface area (TPSA) is 60.7 Å². The summed E-state index contributed by atoms with van der Waals surface area (Å²) in [5, 5.41) is 0.595. The van der Waals surface area contributed by atoms with Gasteiger partial charge in [-0.05, 0) is 36.3 Å². The second kappa shape index (κ2) is 7.81. The van der Waals surface area contributed by atoms with Crippen LogP contribution in [0.4, 0.5) is 0 Å². The van der Waals surface area contributed by atoms with Crippen LogP contribution in [0, 0.1) is 0 Å². The Morgan fingerprint density at radius 1 is 1.21 bits per heavy atom. The molecule has 1 aromatic heterocycles. The number of carbonyl (C=O) groups is 1. The molecule has 0 aliphatic carbocycles. The number of esters is 1. The minimum absolute atomic E-state index is 0.212. The number of rotatable bonds is 3. The van der Waals surface area contributed by atoms with E-state index in [4.69, 9.17) is 16.3 Å². The van der Waals surface area contributed by atoms with Crippen LogP contribution in [-0.2, 0) is 9.53 Å². The number of halogens is 1. The van der Waals surface area contributed by atoms with Crippen molar-refractivity contribution in [3.63, 3.8) is 0 Å². The highest BCUT2D eigenvalue weighted by atomic mass is 35.5. The zero-order valence-corrected chi connectivity index (χ0v) is 17.3. The van der Waals surface area contributed by atoms with E-state index in [0.29, 0.717) is 25.6 Å². The fourth-order valence-electron chi connectivity index (χ4n) is 3.39. The molecule has 0 bridgehead atoms. The Hall–Kier alpha value is -2.96. The molecule has 1 aliphatic heterocycles. The van der Waals surface area contributed by atoms with Crippen molar-refractivity contribution in [3.05, 3.63) is 102 Å². The summed E-state index contributed by atoms with van der Waals surface area (Å²) < 4.78 is 7.08. The van der Waals surface area contributed by atoms with Crippen LogP contribution in [0.3, 0.4) is 0 Å². The maximum atomic E-state index is 13.3. The van der Waals surface area contributed by atoms with E-state index >= 15 is 0 Å². The molecule has 146 valence electrons. The van der Waals surface area contributed by atoms with Crippen LogP contribution in [0.5, 0.6) is 0 Å². The fraction of sp³-hybridized carbons (Fsp3) is 0.136. The molecule has 3 aromatic rings. The van der Waals surface area contributed by atoms with Gasteiger partial charge in [-0.1, -0.05) is 65.4 Å². The number of hydrogen-bond donors (Lipinski definition) is 0. The van der Waals surface area contributed by atoms with Gasteiger partial charge in [0.05, 0.1) is 29.0 Å². The van der Waals surface area contributed by atoms with Gasteiger partial charge in [0.1, 0.15) is 0 Å². The number of ether oxygens (including phenoxy) is 1. The monoisotopic (exact) mass is 424 g/mol. The van der Waals surface area contributed by atoms with Gasteiger partial charge in [0, 0.05) is 5.02 Å². The molecule has 2 aromatic carbocycles. The van der Waals surface area contributed by atoms with E-state index < -0.39 is 12.0 Å². The highest BCUT2D eigenvalue weighted by molar-refractivity contribution is 7.07. The lowest BCUT2D eigenvalue weighted by atomic mass is 9.96. The third-order valence-electron chi connectivity index (χ3n) is 4.69. The van der Waals surface area contributed by atoms with E-state index in [1.54, 1.807) is 29.7 Å². The van der Waals surface area contributed by atoms with Crippen LogP contribution < -0.4 is 14.9 Å². The standard InChI is InChI=1S/C22H17ClN2O3S/c1-13-18(21(27)28-2)19(15-8-4-3-5-9-15)25-20(26)17(29-22(25)24-13)12-14-7-6-10-16(23)11-14/h3-12,19H,1-2H3/b17-12-/t19-/m1/s1. The summed E-state index contributed by atoms with van der Waals surface area (Å²) in [7, 11) is 1.33. The number of benzene rings is 2. The highest BCUT2D eigenvalue weighted by Crippen LogP contribution is 2.30. The minimum Gasteiger partial charge on any atom is -0.466 e. The zero-order chi connectivity index (χ0) is 20.5. The number of allylic oxidation sites excluding steroid dienone is 1. The van der Waals surface area contributed by atoms with Crippen LogP contribution in [0.25, 0.3) is 6.08 Å². The number of aromatic nitrogens is 1. The van der Waals surface area contributed by atoms with Gasteiger partial charge in [-0.3, -0.25) is 9.36 Å². The van der Waals surface area contributed by atoms with Crippen molar-refractivity contribution in [1.82, 2.24) is 4.57 Å². The smallest absolute Gasteiger partial charge is 0.338 e. The summed E-state index contributed by atoms with van der Waals surface area (Å²) in [6.45, 7) is 1.76.